The Hall–Kier alpha value is -1.10. The Bertz CT molecular complexity index is 625. The predicted molar refractivity (Wildman–Crippen MR) is 78.3 cm³/mol. The van der Waals surface area contributed by atoms with Crippen molar-refractivity contribution in [2.24, 2.45) is 5.92 Å². The normalized spacial score (nSPS) is 26.0. The van der Waals surface area contributed by atoms with Crippen LogP contribution in [0.1, 0.15) is 13.3 Å². The number of carboxylic acids is 1. The van der Waals surface area contributed by atoms with E-state index in [0.29, 0.717) is 11.3 Å². The van der Waals surface area contributed by atoms with Crippen molar-refractivity contribution in [1.82, 2.24) is 4.90 Å². The number of carbonyl (C=O) groups is 2. The molecule has 2 rings (SSSR count). The van der Waals surface area contributed by atoms with E-state index in [1.54, 1.807) is 0 Å². The van der Waals surface area contributed by atoms with Crippen molar-refractivity contribution >= 4 is 33.8 Å². The average Bonchev–Trinajstić information content (AvgIpc) is 2.67. The largest absolute Gasteiger partial charge is 0.477 e. The summed E-state index contributed by atoms with van der Waals surface area (Å²) in [7, 11) is -3.53. The first-order valence-electron chi connectivity index (χ1n) is 6.58. The molecule has 1 amide bonds. The number of aliphatic carboxylic acids is 1. The molecule has 0 bridgehead atoms. The molecule has 2 aliphatic rings. The van der Waals surface area contributed by atoms with Gasteiger partial charge in [0.15, 0.2) is 0 Å². The maximum absolute atomic E-state index is 12.0. The van der Waals surface area contributed by atoms with Gasteiger partial charge in [0.2, 0.25) is 5.91 Å². The van der Waals surface area contributed by atoms with Gasteiger partial charge in [-0.05, 0) is 6.92 Å². The summed E-state index contributed by atoms with van der Waals surface area (Å²) in [6.07, 6.45) is 0.459. The third-order valence-electron chi connectivity index (χ3n) is 3.55. The van der Waals surface area contributed by atoms with E-state index in [9.17, 15) is 28.2 Å². The van der Waals surface area contributed by atoms with Gasteiger partial charge in [0.1, 0.15) is 5.70 Å². The van der Waals surface area contributed by atoms with Gasteiger partial charge in [-0.1, -0.05) is 0 Å². The Morgan fingerprint density at radius 1 is 1.55 bits per heavy atom. The lowest BCUT2D eigenvalue weighted by Gasteiger charge is -2.44. The molecule has 1 unspecified atom stereocenters. The molecule has 0 aromatic heterocycles. The molecule has 0 aromatic rings. The Kier molecular flexibility index (Phi) is 4.85. The molecule has 2 heterocycles. The number of nitrogens with zero attached hydrogens (tertiary/aromatic N) is 1. The van der Waals surface area contributed by atoms with Gasteiger partial charge in [0, 0.05) is 17.1 Å². The van der Waals surface area contributed by atoms with Crippen molar-refractivity contribution in [3.05, 3.63) is 10.6 Å². The molecule has 0 radical (unpaired) electrons. The lowest BCUT2D eigenvalue weighted by molar-refractivity contribution is -0.161. The van der Waals surface area contributed by atoms with Crippen LogP contribution < -0.4 is 0 Å². The second-order valence-corrected chi connectivity index (χ2v) is 8.03. The van der Waals surface area contributed by atoms with E-state index >= 15 is 0 Å². The standard InChI is InChI=1S/C12H17NO7S2/c1-6(14)9-7-5-8(21-4-3-20-22(2,18)19)10(12(16)17)13(7)11(9)15/h6-7,9,14H,3-5H2,1-2H3,(H,16,17)/t6-,7?,9+/m1/s1. The zero-order valence-electron chi connectivity index (χ0n) is 12.1. The second-order valence-electron chi connectivity index (χ2n) is 5.20. The first-order chi connectivity index (χ1) is 10.1. The minimum absolute atomic E-state index is 0.0711. The van der Waals surface area contributed by atoms with Crippen molar-refractivity contribution in [1.29, 1.82) is 0 Å². The number of carbonyl (C=O) groups excluding carboxylic acids is 1. The highest BCUT2D eigenvalue weighted by Crippen LogP contribution is 2.46. The number of hydrogen-bond acceptors (Lipinski definition) is 7. The number of aliphatic hydroxyl groups excluding tert-OH is 1. The molecule has 0 aromatic carbocycles. The molecular formula is C12H17NO7S2. The number of amides is 1. The minimum atomic E-state index is -3.53. The summed E-state index contributed by atoms with van der Waals surface area (Å²) < 4.78 is 26.3. The van der Waals surface area contributed by atoms with Gasteiger partial charge in [-0.25, -0.2) is 4.79 Å². The third-order valence-corrected chi connectivity index (χ3v) is 5.22. The summed E-state index contributed by atoms with van der Waals surface area (Å²) in [5.41, 5.74) is -0.0729. The van der Waals surface area contributed by atoms with Crippen LogP contribution >= 0.6 is 11.8 Å². The number of aliphatic hydroxyl groups is 1. The maximum atomic E-state index is 12.0. The molecule has 0 saturated carbocycles. The van der Waals surface area contributed by atoms with Gasteiger partial charge in [0.05, 0.1) is 30.9 Å². The van der Waals surface area contributed by atoms with Gasteiger partial charge >= 0.3 is 5.97 Å². The first kappa shape index (κ1) is 17.3. The number of fused-ring (bicyclic) bond motifs is 1. The van der Waals surface area contributed by atoms with E-state index in [1.165, 1.54) is 11.8 Å². The van der Waals surface area contributed by atoms with Crippen LogP contribution in [0.5, 0.6) is 0 Å². The van der Waals surface area contributed by atoms with E-state index in [-0.39, 0.29) is 30.0 Å². The van der Waals surface area contributed by atoms with Crippen LogP contribution in [0.2, 0.25) is 0 Å². The highest BCUT2D eigenvalue weighted by Gasteiger charge is 2.56. The van der Waals surface area contributed by atoms with Crippen molar-refractivity contribution in [3.63, 3.8) is 0 Å². The molecule has 10 heteroatoms. The molecule has 8 nitrogen and oxygen atoms in total. The molecule has 3 atom stereocenters. The number of β-lactam (4-membered cyclic amide) rings is 1. The summed E-state index contributed by atoms with van der Waals surface area (Å²) in [6, 6.07) is -0.336. The Morgan fingerprint density at radius 2 is 2.18 bits per heavy atom. The molecule has 0 spiro atoms. The zero-order valence-corrected chi connectivity index (χ0v) is 13.7. The summed E-state index contributed by atoms with van der Waals surface area (Å²) in [5, 5.41) is 18.9. The van der Waals surface area contributed by atoms with Crippen LogP contribution in [0, 0.1) is 5.92 Å². The average molecular weight is 351 g/mol. The molecule has 2 N–H and O–H groups in total. The zero-order chi connectivity index (χ0) is 16.7. The summed E-state index contributed by atoms with van der Waals surface area (Å²) in [5.74, 6) is -1.92. The van der Waals surface area contributed by atoms with Crippen molar-refractivity contribution in [3.8, 4) is 0 Å². The highest BCUT2D eigenvalue weighted by atomic mass is 32.2. The van der Waals surface area contributed by atoms with Gasteiger partial charge in [-0.15, -0.1) is 11.8 Å². The number of carboxylic acid groups (broad SMARTS) is 1. The topological polar surface area (TPSA) is 121 Å². The lowest BCUT2D eigenvalue weighted by Crippen LogP contribution is -2.61. The predicted octanol–water partition coefficient (Wildman–Crippen LogP) is -0.396. The fraction of sp³-hybridized carbons (Fsp3) is 0.667. The Labute approximate surface area is 132 Å². The van der Waals surface area contributed by atoms with Crippen LogP contribution in [0.25, 0.3) is 0 Å². The smallest absolute Gasteiger partial charge is 0.353 e. The second kappa shape index (κ2) is 6.19. The van der Waals surface area contributed by atoms with Gasteiger partial charge in [-0.3, -0.25) is 8.98 Å². The van der Waals surface area contributed by atoms with E-state index in [2.05, 4.69) is 4.18 Å². The molecule has 1 fully saturated rings. The Morgan fingerprint density at radius 3 is 2.68 bits per heavy atom. The van der Waals surface area contributed by atoms with E-state index in [0.717, 1.165) is 18.0 Å². The molecule has 1 saturated heterocycles. The van der Waals surface area contributed by atoms with E-state index in [1.807, 2.05) is 0 Å². The monoisotopic (exact) mass is 351 g/mol. The molecule has 124 valence electrons. The molecule has 2 aliphatic heterocycles. The van der Waals surface area contributed by atoms with Crippen LogP contribution in [0.3, 0.4) is 0 Å². The van der Waals surface area contributed by atoms with Crippen molar-refractivity contribution < 1.29 is 32.4 Å². The first-order valence-corrected chi connectivity index (χ1v) is 9.38. The minimum Gasteiger partial charge on any atom is -0.477 e. The molecule has 0 aliphatic carbocycles. The van der Waals surface area contributed by atoms with Crippen LogP contribution in [-0.2, 0) is 23.9 Å². The Balaban J connectivity index is 2.04. The van der Waals surface area contributed by atoms with Crippen LogP contribution in [-0.4, -0.2) is 66.2 Å². The summed E-state index contributed by atoms with van der Waals surface area (Å²) in [6.45, 7) is 1.43. The number of rotatable bonds is 7. The van der Waals surface area contributed by atoms with Crippen LogP contribution in [0.4, 0.5) is 0 Å². The van der Waals surface area contributed by atoms with Crippen LogP contribution in [0.15, 0.2) is 10.6 Å². The van der Waals surface area contributed by atoms with Crippen molar-refractivity contribution in [2.75, 3.05) is 18.6 Å². The maximum Gasteiger partial charge on any atom is 0.353 e. The lowest BCUT2D eigenvalue weighted by atomic mass is 9.83. The van der Waals surface area contributed by atoms with Gasteiger partial charge < -0.3 is 15.1 Å². The van der Waals surface area contributed by atoms with E-state index < -0.39 is 28.1 Å². The highest BCUT2D eigenvalue weighted by molar-refractivity contribution is 8.03. The summed E-state index contributed by atoms with van der Waals surface area (Å²) in [4.78, 5) is 25.0. The fourth-order valence-corrected chi connectivity index (χ4v) is 4.23. The quantitative estimate of drug-likeness (QED) is 0.361. The summed E-state index contributed by atoms with van der Waals surface area (Å²) >= 11 is 1.16. The fourth-order valence-electron chi connectivity index (χ4n) is 2.71. The SMILES string of the molecule is C[C@@H](O)[C@@H]1C(=O)N2C(C(=O)O)=C(SCCOS(C)(=O)=O)CC12. The number of hydrogen-bond donors (Lipinski definition) is 2. The van der Waals surface area contributed by atoms with Gasteiger partial charge in [0.25, 0.3) is 10.1 Å². The van der Waals surface area contributed by atoms with E-state index in [4.69, 9.17) is 0 Å². The molecular weight excluding hydrogens is 334 g/mol. The number of thioether (sulfide) groups is 1. The third kappa shape index (κ3) is 3.29. The van der Waals surface area contributed by atoms with Crippen molar-refractivity contribution in [2.45, 2.75) is 25.5 Å². The van der Waals surface area contributed by atoms with Gasteiger partial charge in [-0.2, -0.15) is 8.42 Å². The molecule has 22 heavy (non-hydrogen) atoms.